The first-order valence-corrected chi connectivity index (χ1v) is 5.59. The van der Waals surface area contributed by atoms with E-state index in [9.17, 15) is 0 Å². The third-order valence-electron chi connectivity index (χ3n) is 2.22. The van der Waals surface area contributed by atoms with Gasteiger partial charge in [-0.15, -0.1) is 0 Å². The lowest BCUT2D eigenvalue weighted by atomic mass is 9.90. The molecule has 3 heteroatoms. The molecule has 0 radical (unpaired) electrons. The number of nitrogens with two attached hydrogens (primary N) is 1. The average Bonchev–Trinajstić information content (AvgIpc) is 2.32. The highest BCUT2D eigenvalue weighted by atomic mass is 15.1. The number of nitrogens with zero attached hydrogens (tertiary/aromatic N) is 2. The first-order valence-electron chi connectivity index (χ1n) is 5.59. The molecule has 0 aromatic carbocycles. The molecule has 0 bridgehead atoms. The molecule has 0 aliphatic heterocycles. The minimum absolute atomic E-state index is 0.241. The largest absolute Gasteiger partial charge is 0.384 e. The van der Waals surface area contributed by atoms with Gasteiger partial charge in [0.2, 0.25) is 0 Å². The molecule has 0 saturated carbocycles. The topological polar surface area (TPSA) is 43.8 Å². The van der Waals surface area contributed by atoms with Crippen LogP contribution in [0, 0.1) is 11.3 Å². The second-order valence-corrected chi connectivity index (χ2v) is 5.86. The smallest absolute Gasteiger partial charge is 0.126 e. The van der Waals surface area contributed by atoms with Crippen molar-refractivity contribution in [2.75, 3.05) is 5.73 Å². The standard InChI is InChI=1S/C12H23N3/c1-9(2)7-15-8-14-10(11(15)13)6-12(3,4)5/h8-9H,6-7,13H2,1-5H3. The Morgan fingerprint density at radius 1 is 1.40 bits per heavy atom. The third kappa shape index (κ3) is 3.57. The van der Waals surface area contributed by atoms with Crippen LogP contribution in [0.15, 0.2) is 6.33 Å². The van der Waals surface area contributed by atoms with Gasteiger partial charge in [-0.1, -0.05) is 34.6 Å². The molecule has 0 unspecified atom stereocenters. The zero-order valence-corrected chi connectivity index (χ0v) is 10.5. The maximum atomic E-state index is 6.06. The minimum Gasteiger partial charge on any atom is -0.384 e. The highest BCUT2D eigenvalue weighted by Gasteiger charge is 2.16. The molecule has 3 nitrogen and oxygen atoms in total. The first kappa shape index (κ1) is 12.1. The summed E-state index contributed by atoms with van der Waals surface area (Å²) in [6, 6.07) is 0. The van der Waals surface area contributed by atoms with Gasteiger partial charge in [-0.2, -0.15) is 0 Å². The first-order chi connectivity index (χ1) is 6.79. The van der Waals surface area contributed by atoms with Crippen LogP contribution < -0.4 is 5.73 Å². The number of hydrogen-bond acceptors (Lipinski definition) is 2. The average molecular weight is 209 g/mol. The highest BCUT2D eigenvalue weighted by Crippen LogP contribution is 2.23. The molecular weight excluding hydrogens is 186 g/mol. The zero-order chi connectivity index (χ0) is 11.6. The van der Waals surface area contributed by atoms with Gasteiger partial charge in [0.1, 0.15) is 5.82 Å². The molecule has 1 aromatic rings. The van der Waals surface area contributed by atoms with Crippen molar-refractivity contribution in [3.8, 4) is 0 Å². The van der Waals surface area contributed by atoms with Gasteiger partial charge >= 0.3 is 0 Å². The van der Waals surface area contributed by atoms with E-state index in [1.165, 1.54) is 0 Å². The summed E-state index contributed by atoms with van der Waals surface area (Å²) >= 11 is 0. The molecule has 2 N–H and O–H groups in total. The van der Waals surface area contributed by atoms with Crippen LogP contribution in [0.2, 0.25) is 0 Å². The Morgan fingerprint density at radius 3 is 2.47 bits per heavy atom. The van der Waals surface area contributed by atoms with E-state index in [0.717, 1.165) is 24.5 Å². The molecule has 0 spiro atoms. The summed E-state index contributed by atoms with van der Waals surface area (Å²) in [4.78, 5) is 4.39. The van der Waals surface area contributed by atoms with Crippen LogP contribution in [0.25, 0.3) is 0 Å². The predicted molar refractivity (Wildman–Crippen MR) is 64.6 cm³/mol. The van der Waals surface area contributed by atoms with Crippen molar-refractivity contribution in [2.45, 2.75) is 47.6 Å². The molecule has 0 aliphatic carbocycles. The van der Waals surface area contributed by atoms with Crippen LogP contribution in [0.3, 0.4) is 0 Å². The molecule has 1 heterocycles. The fourth-order valence-electron chi connectivity index (χ4n) is 1.61. The van der Waals surface area contributed by atoms with Crippen LogP contribution in [0.1, 0.15) is 40.3 Å². The van der Waals surface area contributed by atoms with Crippen molar-refractivity contribution in [3.05, 3.63) is 12.0 Å². The summed E-state index contributed by atoms with van der Waals surface area (Å²) in [6.07, 6.45) is 2.79. The van der Waals surface area contributed by atoms with Crippen molar-refractivity contribution in [1.82, 2.24) is 9.55 Å². The number of hydrogen-bond donors (Lipinski definition) is 1. The van der Waals surface area contributed by atoms with E-state index in [1.54, 1.807) is 0 Å². The minimum atomic E-state index is 0.241. The summed E-state index contributed by atoms with van der Waals surface area (Å²) in [5, 5.41) is 0. The Labute approximate surface area is 92.7 Å². The van der Waals surface area contributed by atoms with Crippen molar-refractivity contribution in [1.29, 1.82) is 0 Å². The number of imidazole rings is 1. The molecule has 15 heavy (non-hydrogen) atoms. The van der Waals surface area contributed by atoms with Gasteiger partial charge in [0, 0.05) is 6.54 Å². The number of anilines is 1. The fourth-order valence-corrected chi connectivity index (χ4v) is 1.61. The lowest BCUT2D eigenvalue weighted by Crippen LogP contribution is -2.12. The van der Waals surface area contributed by atoms with Gasteiger partial charge in [-0.25, -0.2) is 4.98 Å². The van der Waals surface area contributed by atoms with Crippen LogP contribution in [0.5, 0.6) is 0 Å². The number of rotatable bonds is 3. The van der Waals surface area contributed by atoms with E-state index in [2.05, 4.69) is 39.6 Å². The molecule has 0 saturated heterocycles. The SMILES string of the molecule is CC(C)Cn1cnc(CC(C)(C)C)c1N. The zero-order valence-electron chi connectivity index (χ0n) is 10.5. The van der Waals surface area contributed by atoms with E-state index in [4.69, 9.17) is 5.73 Å². The lowest BCUT2D eigenvalue weighted by Gasteiger charge is -2.17. The number of nitrogen functional groups attached to an aromatic ring is 1. The molecule has 0 amide bonds. The maximum absolute atomic E-state index is 6.06. The van der Waals surface area contributed by atoms with Crippen molar-refractivity contribution in [2.24, 2.45) is 11.3 Å². The molecule has 0 aliphatic rings. The Hall–Kier alpha value is -0.990. The quantitative estimate of drug-likeness (QED) is 0.831. The molecule has 0 fully saturated rings. The highest BCUT2D eigenvalue weighted by molar-refractivity contribution is 5.36. The third-order valence-corrected chi connectivity index (χ3v) is 2.22. The van der Waals surface area contributed by atoms with Gasteiger partial charge in [0.25, 0.3) is 0 Å². The molecular formula is C12H23N3. The van der Waals surface area contributed by atoms with Crippen LogP contribution in [0.4, 0.5) is 5.82 Å². The van der Waals surface area contributed by atoms with Crippen LogP contribution >= 0.6 is 0 Å². The Kier molecular flexibility index (Phi) is 3.42. The van der Waals surface area contributed by atoms with E-state index < -0.39 is 0 Å². The van der Waals surface area contributed by atoms with Crippen molar-refractivity contribution < 1.29 is 0 Å². The van der Waals surface area contributed by atoms with E-state index in [-0.39, 0.29) is 5.41 Å². The van der Waals surface area contributed by atoms with Crippen molar-refractivity contribution in [3.63, 3.8) is 0 Å². The van der Waals surface area contributed by atoms with E-state index in [0.29, 0.717) is 5.92 Å². The molecule has 1 aromatic heterocycles. The van der Waals surface area contributed by atoms with Gasteiger partial charge in [0.05, 0.1) is 12.0 Å². The van der Waals surface area contributed by atoms with Crippen molar-refractivity contribution >= 4 is 5.82 Å². The predicted octanol–water partition coefficient (Wildman–Crippen LogP) is 2.71. The summed E-state index contributed by atoms with van der Waals surface area (Å²) in [7, 11) is 0. The molecule has 0 atom stereocenters. The lowest BCUT2D eigenvalue weighted by molar-refractivity contribution is 0.407. The van der Waals surface area contributed by atoms with E-state index >= 15 is 0 Å². The number of aromatic nitrogens is 2. The Balaban J connectivity index is 2.80. The summed E-state index contributed by atoms with van der Waals surface area (Å²) in [5.74, 6) is 1.43. The maximum Gasteiger partial charge on any atom is 0.126 e. The fraction of sp³-hybridized carbons (Fsp3) is 0.750. The normalized spacial score (nSPS) is 12.4. The second-order valence-electron chi connectivity index (χ2n) is 5.86. The van der Waals surface area contributed by atoms with Gasteiger partial charge in [0.15, 0.2) is 0 Å². The van der Waals surface area contributed by atoms with E-state index in [1.807, 2.05) is 10.9 Å². The van der Waals surface area contributed by atoms with Crippen LogP contribution in [-0.2, 0) is 13.0 Å². The second kappa shape index (κ2) is 4.25. The van der Waals surface area contributed by atoms with Gasteiger partial charge in [-0.3, -0.25) is 0 Å². The van der Waals surface area contributed by atoms with Gasteiger partial charge < -0.3 is 10.3 Å². The van der Waals surface area contributed by atoms with Crippen LogP contribution in [-0.4, -0.2) is 9.55 Å². The molecule has 1 rings (SSSR count). The Morgan fingerprint density at radius 2 is 2.00 bits per heavy atom. The summed E-state index contributed by atoms with van der Waals surface area (Å²) in [6.45, 7) is 11.9. The summed E-state index contributed by atoms with van der Waals surface area (Å²) in [5.41, 5.74) is 7.33. The molecule has 86 valence electrons. The Bertz CT molecular complexity index is 318. The summed E-state index contributed by atoms with van der Waals surface area (Å²) < 4.78 is 2.05. The monoisotopic (exact) mass is 209 g/mol. The van der Waals surface area contributed by atoms with Gasteiger partial charge in [-0.05, 0) is 17.8 Å².